The van der Waals surface area contributed by atoms with Crippen LogP contribution in [0.15, 0.2) is 47.3 Å². The van der Waals surface area contributed by atoms with Gasteiger partial charge in [0, 0.05) is 10.9 Å². The number of methoxy groups -OCH3 is 1. The fourth-order valence-electron chi connectivity index (χ4n) is 2.09. The van der Waals surface area contributed by atoms with Gasteiger partial charge in [0.05, 0.1) is 7.11 Å². The van der Waals surface area contributed by atoms with E-state index in [1.54, 1.807) is 6.07 Å². The van der Waals surface area contributed by atoms with Crippen LogP contribution in [0.3, 0.4) is 0 Å². The standard InChI is InChI=1S/C14H11NO2/c1-17-13-8-11-10-5-3-2-4-9(10)6-7-12(11)15-14(13)16/h2-8H,1H3,(H,15,16). The highest BCUT2D eigenvalue weighted by Gasteiger charge is 2.05. The molecule has 3 rings (SSSR count). The Kier molecular flexibility index (Phi) is 2.11. The first-order valence-corrected chi connectivity index (χ1v) is 5.38. The van der Waals surface area contributed by atoms with Crippen molar-refractivity contribution < 1.29 is 4.74 Å². The molecule has 0 aliphatic carbocycles. The van der Waals surface area contributed by atoms with Crippen LogP contribution in [0.1, 0.15) is 0 Å². The molecule has 0 amide bonds. The Hall–Kier alpha value is -2.29. The molecule has 0 fully saturated rings. The smallest absolute Gasteiger partial charge is 0.290 e. The normalized spacial score (nSPS) is 10.9. The van der Waals surface area contributed by atoms with Gasteiger partial charge in [0.1, 0.15) is 0 Å². The van der Waals surface area contributed by atoms with Gasteiger partial charge in [0.15, 0.2) is 5.75 Å². The number of fused-ring (bicyclic) bond motifs is 3. The number of aromatic amines is 1. The molecule has 0 aliphatic heterocycles. The molecule has 0 radical (unpaired) electrons. The number of ether oxygens (including phenoxy) is 1. The molecule has 3 nitrogen and oxygen atoms in total. The molecule has 0 unspecified atom stereocenters. The summed E-state index contributed by atoms with van der Waals surface area (Å²) in [5.41, 5.74) is 0.629. The molecule has 3 aromatic rings. The lowest BCUT2D eigenvalue weighted by atomic mass is 10.1. The van der Waals surface area contributed by atoms with Crippen molar-refractivity contribution in [3.63, 3.8) is 0 Å². The SMILES string of the molecule is COc1cc2c(ccc3ccccc32)[nH]c1=O. The summed E-state index contributed by atoms with van der Waals surface area (Å²) in [6, 6.07) is 13.8. The van der Waals surface area contributed by atoms with Crippen LogP contribution in [-0.4, -0.2) is 12.1 Å². The van der Waals surface area contributed by atoms with E-state index in [2.05, 4.69) is 4.98 Å². The third kappa shape index (κ3) is 1.47. The van der Waals surface area contributed by atoms with Crippen molar-refractivity contribution in [3.05, 3.63) is 52.8 Å². The number of pyridine rings is 1. The topological polar surface area (TPSA) is 42.1 Å². The van der Waals surface area contributed by atoms with Crippen molar-refractivity contribution in [1.82, 2.24) is 4.98 Å². The maximum atomic E-state index is 11.6. The van der Waals surface area contributed by atoms with E-state index in [0.717, 1.165) is 21.7 Å². The molecule has 84 valence electrons. The van der Waals surface area contributed by atoms with Gasteiger partial charge in [-0.3, -0.25) is 4.79 Å². The molecular weight excluding hydrogens is 214 g/mol. The number of aromatic nitrogens is 1. The zero-order chi connectivity index (χ0) is 11.8. The molecule has 0 spiro atoms. The third-order valence-corrected chi connectivity index (χ3v) is 2.94. The van der Waals surface area contributed by atoms with Crippen LogP contribution < -0.4 is 10.3 Å². The van der Waals surface area contributed by atoms with Gasteiger partial charge < -0.3 is 9.72 Å². The first-order chi connectivity index (χ1) is 8.29. The molecule has 3 heteroatoms. The average molecular weight is 225 g/mol. The lowest BCUT2D eigenvalue weighted by Gasteiger charge is -2.05. The Morgan fingerprint density at radius 3 is 2.71 bits per heavy atom. The minimum atomic E-state index is -0.199. The quantitative estimate of drug-likeness (QED) is 0.647. The summed E-state index contributed by atoms with van der Waals surface area (Å²) in [7, 11) is 1.50. The van der Waals surface area contributed by atoms with E-state index in [4.69, 9.17) is 4.74 Å². The third-order valence-electron chi connectivity index (χ3n) is 2.94. The van der Waals surface area contributed by atoms with E-state index in [9.17, 15) is 4.79 Å². The van der Waals surface area contributed by atoms with Crippen LogP contribution in [0.2, 0.25) is 0 Å². The second kappa shape index (κ2) is 3.63. The highest BCUT2D eigenvalue weighted by atomic mass is 16.5. The maximum Gasteiger partial charge on any atom is 0.290 e. The van der Waals surface area contributed by atoms with Crippen LogP contribution in [0.5, 0.6) is 5.75 Å². The minimum Gasteiger partial charge on any atom is -0.491 e. The molecule has 0 saturated carbocycles. The Bertz CT molecular complexity index is 759. The molecule has 1 aromatic heterocycles. The van der Waals surface area contributed by atoms with Crippen molar-refractivity contribution in [2.75, 3.05) is 7.11 Å². The minimum absolute atomic E-state index is 0.199. The zero-order valence-electron chi connectivity index (χ0n) is 9.36. The van der Waals surface area contributed by atoms with Gasteiger partial charge in [-0.15, -0.1) is 0 Å². The van der Waals surface area contributed by atoms with Gasteiger partial charge in [-0.25, -0.2) is 0 Å². The van der Waals surface area contributed by atoms with Crippen LogP contribution in [0.4, 0.5) is 0 Å². The van der Waals surface area contributed by atoms with E-state index in [1.807, 2.05) is 36.4 Å². The van der Waals surface area contributed by atoms with E-state index in [-0.39, 0.29) is 5.56 Å². The van der Waals surface area contributed by atoms with Gasteiger partial charge in [0.2, 0.25) is 0 Å². The first-order valence-electron chi connectivity index (χ1n) is 5.38. The lowest BCUT2D eigenvalue weighted by Crippen LogP contribution is -2.08. The number of hydrogen-bond donors (Lipinski definition) is 1. The summed E-state index contributed by atoms with van der Waals surface area (Å²) < 4.78 is 5.06. The van der Waals surface area contributed by atoms with Gasteiger partial charge in [0.25, 0.3) is 5.56 Å². The molecule has 1 N–H and O–H groups in total. The highest BCUT2D eigenvalue weighted by Crippen LogP contribution is 2.24. The molecule has 0 saturated heterocycles. The van der Waals surface area contributed by atoms with Gasteiger partial charge >= 0.3 is 0 Å². The summed E-state index contributed by atoms with van der Waals surface area (Å²) in [6.07, 6.45) is 0. The number of rotatable bonds is 1. The van der Waals surface area contributed by atoms with Crippen molar-refractivity contribution in [2.45, 2.75) is 0 Å². The maximum absolute atomic E-state index is 11.6. The molecule has 0 atom stereocenters. The Balaban J connectivity index is 2.52. The Morgan fingerprint density at radius 2 is 1.88 bits per heavy atom. The molecular formula is C14H11NO2. The van der Waals surface area contributed by atoms with Gasteiger partial charge in [-0.2, -0.15) is 0 Å². The number of nitrogens with one attached hydrogen (secondary N) is 1. The zero-order valence-corrected chi connectivity index (χ0v) is 9.36. The van der Waals surface area contributed by atoms with Crippen LogP contribution in [-0.2, 0) is 0 Å². The fraction of sp³-hybridized carbons (Fsp3) is 0.0714. The Morgan fingerprint density at radius 1 is 1.06 bits per heavy atom. The molecule has 17 heavy (non-hydrogen) atoms. The summed E-state index contributed by atoms with van der Waals surface area (Å²) in [6.45, 7) is 0. The predicted molar refractivity (Wildman–Crippen MR) is 68.6 cm³/mol. The van der Waals surface area contributed by atoms with Crippen LogP contribution in [0, 0.1) is 0 Å². The monoisotopic (exact) mass is 225 g/mol. The number of hydrogen-bond acceptors (Lipinski definition) is 2. The van der Waals surface area contributed by atoms with E-state index >= 15 is 0 Å². The second-order valence-corrected chi connectivity index (χ2v) is 3.91. The predicted octanol–water partition coefficient (Wildman–Crippen LogP) is 2.69. The van der Waals surface area contributed by atoms with Crippen molar-refractivity contribution in [1.29, 1.82) is 0 Å². The van der Waals surface area contributed by atoms with Gasteiger partial charge in [-0.05, 0) is 22.9 Å². The van der Waals surface area contributed by atoms with E-state index in [0.29, 0.717) is 5.75 Å². The van der Waals surface area contributed by atoms with Crippen LogP contribution in [0.25, 0.3) is 21.7 Å². The molecule has 1 heterocycles. The van der Waals surface area contributed by atoms with E-state index in [1.165, 1.54) is 7.11 Å². The van der Waals surface area contributed by atoms with E-state index < -0.39 is 0 Å². The fourth-order valence-corrected chi connectivity index (χ4v) is 2.09. The largest absolute Gasteiger partial charge is 0.491 e. The molecule has 0 bridgehead atoms. The van der Waals surface area contributed by atoms with Crippen molar-refractivity contribution in [2.24, 2.45) is 0 Å². The van der Waals surface area contributed by atoms with Crippen LogP contribution >= 0.6 is 0 Å². The molecule has 0 aliphatic rings. The summed E-state index contributed by atoms with van der Waals surface area (Å²) >= 11 is 0. The highest BCUT2D eigenvalue weighted by molar-refractivity contribution is 6.06. The number of H-pyrrole nitrogens is 1. The first kappa shape index (κ1) is 9.90. The molecule has 2 aromatic carbocycles. The summed E-state index contributed by atoms with van der Waals surface area (Å²) in [5.74, 6) is 0.342. The summed E-state index contributed by atoms with van der Waals surface area (Å²) in [5, 5.41) is 3.26. The average Bonchev–Trinajstić information content (AvgIpc) is 2.37. The summed E-state index contributed by atoms with van der Waals surface area (Å²) in [4.78, 5) is 14.4. The van der Waals surface area contributed by atoms with Crippen molar-refractivity contribution in [3.8, 4) is 5.75 Å². The number of benzene rings is 2. The Labute approximate surface area is 97.7 Å². The lowest BCUT2D eigenvalue weighted by molar-refractivity contribution is 0.409. The second-order valence-electron chi connectivity index (χ2n) is 3.91. The van der Waals surface area contributed by atoms with Crippen molar-refractivity contribution >= 4 is 21.7 Å². The van der Waals surface area contributed by atoms with Gasteiger partial charge in [-0.1, -0.05) is 30.3 Å².